The minimum Gasteiger partial charge on any atom is -0.444 e. The Morgan fingerprint density at radius 1 is 1.27 bits per heavy atom. The lowest BCUT2D eigenvalue weighted by molar-refractivity contribution is -0.139. The summed E-state index contributed by atoms with van der Waals surface area (Å²) in [4.78, 5) is 26.7. The molecule has 0 spiro atoms. The number of benzene rings is 1. The Labute approximate surface area is 175 Å². The van der Waals surface area contributed by atoms with Crippen LogP contribution in [-0.4, -0.2) is 58.1 Å². The number of nitrogens with zero attached hydrogens (tertiary/aromatic N) is 3. The Kier molecular flexibility index (Phi) is 5.77. The average molecular weight is 420 g/mol. The molecule has 0 saturated carbocycles. The van der Waals surface area contributed by atoms with Gasteiger partial charge in [0.05, 0.1) is 29.9 Å². The van der Waals surface area contributed by atoms with Crippen molar-refractivity contribution in [1.82, 2.24) is 20.0 Å². The molecule has 1 unspecified atom stereocenters. The molecule has 2 aromatic rings. The fraction of sp³-hybridized carbons (Fsp3) is 0.571. The molecule has 9 heteroatoms. The van der Waals surface area contributed by atoms with E-state index < -0.39 is 23.3 Å². The number of carbonyl (C=O) groups excluding carboxylic acids is 2. The van der Waals surface area contributed by atoms with Crippen molar-refractivity contribution in [3.63, 3.8) is 0 Å². The molecule has 1 aliphatic rings. The van der Waals surface area contributed by atoms with Crippen LogP contribution in [0.1, 0.15) is 40.3 Å². The van der Waals surface area contributed by atoms with Gasteiger partial charge in [0.15, 0.2) is 6.10 Å². The number of halogens is 1. The molecule has 1 aromatic carbocycles. The smallest absolute Gasteiger partial charge is 0.410 e. The fourth-order valence-corrected chi connectivity index (χ4v) is 3.44. The molecule has 1 atom stereocenters. The van der Waals surface area contributed by atoms with Crippen molar-refractivity contribution in [3.05, 3.63) is 29.7 Å². The van der Waals surface area contributed by atoms with Gasteiger partial charge in [-0.3, -0.25) is 9.48 Å². The zero-order chi connectivity index (χ0) is 22.3. The molecule has 164 valence electrons. The van der Waals surface area contributed by atoms with Crippen LogP contribution < -0.4 is 5.32 Å². The highest BCUT2D eigenvalue weighted by Crippen LogP contribution is 2.28. The van der Waals surface area contributed by atoms with Crippen molar-refractivity contribution in [2.45, 2.75) is 51.9 Å². The van der Waals surface area contributed by atoms with Crippen molar-refractivity contribution in [2.75, 3.05) is 19.7 Å². The van der Waals surface area contributed by atoms with E-state index in [2.05, 4.69) is 10.4 Å². The third kappa shape index (κ3) is 4.72. The molecule has 0 radical (unpaired) electrons. The lowest BCUT2D eigenvalue weighted by Gasteiger charge is -2.35. The third-order valence-corrected chi connectivity index (χ3v) is 4.85. The maximum Gasteiger partial charge on any atom is 0.410 e. The van der Waals surface area contributed by atoms with Gasteiger partial charge in [0.1, 0.15) is 11.4 Å². The fourth-order valence-electron chi connectivity index (χ4n) is 3.44. The van der Waals surface area contributed by atoms with Gasteiger partial charge >= 0.3 is 6.09 Å². The van der Waals surface area contributed by atoms with Crippen LogP contribution in [0, 0.1) is 5.82 Å². The lowest BCUT2D eigenvalue weighted by Crippen LogP contribution is -2.55. The second-order valence-electron chi connectivity index (χ2n) is 9.03. The van der Waals surface area contributed by atoms with Crippen LogP contribution in [0.25, 0.3) is 10.9 Å². The predicted octanol–water partition coefficient (Wildman–Crippen LogP) is 2.70. The topological polar surface area (TPSA) is 85.7 Å². The van der Waals surface area contributed by atoms with E-state index in [1.807, 2.05) is 13.8 Å². The first-order valence-electron chi connectivity index (χ1n) is 9.92. The summed E-state index contributed by atoms with van der Waals surface area (Å²) < 4.78 is 26.2. The monoisotopic (exact) mass is 420 g/mol. The number of aryl methyl sites for hydroxylation is 1. The zero-order valence-corrected chi connectivity index (χ0v) is 18.3. The lowest BCUT2D eigenvalue weighted by atomic mass is 9.96. The van der Waals surface area contributed by atoms with E-state index >= 15 is 0 Å². The van der Waals surface area contributed by atoms with Gasteiger partial charge in [0.25, 0.3) is 5.91 Å². The average Bonchev–Trinajstić information content (AvgIpc) is 2.97. The van der Waals surface area contributed by atoms with Crippen LogP contribution in [0.3, 0.4) is 0 Å². The summed E-state index contributed by atoms with van der Waals surface area (Å²) in [6.45, 7) is 9.73. The number of aromatic nitrogens is 2. The molecule has 8 nitrogen and oxygen atoms in total. The van der Waals surface area contributed by atoms with Crippen molar-refractivity contribution in [1.29, 1.82) is 0 Å². The van der Waals surface area contributed by atoms with E-state index in [4.69, 9.17) is 9.47 Å². The van der Waals surface area contributed by atoms with Crippen LogP contribution in [0.5, 0.6) is 0 Å². The largest absolute Gasteiger partial charge is 0.444 e. The van der Waals surface area contributed by atoms with Gasteiger partial charge in [-0.1, -0.05) is 0 Å². The van der Waals surface area contributed by atoms with Crippen LogP contribution in [0.4, 0.5) is 9.18 Å². The van der Waals surface area contributed by atoms with E-state index in [1.54, 1.807) is 38.6 Å². The first kappa shape index (κ1) is 22.0. The molecule has 2 heterocycles. The number of amides is 2. The van der Waals surface area contributed by atoms with E-state index in [-0.39, 0.29) is 24.9 Å². The maximum absolute atomic E-state index is 13.6. The number of hydrogen-bond donors (Lipinski definition) is 1. The molecule has 1 aliphatic heterocycles. The molecule has 1 fully saturated rings. The molecule has 30 heavy (non-hydrogen) atoms. The van der Waals surface area contributed by atoms with Crippen LogP contribution in [0.15, 0.2) is 18.2 Å². The summed E-state index contributed by atoms with van der Waals surface area (Å²) in [6.07, 6.45) is -1.29. The second kappa shape index (κ2) is 7.86. The van der Waals surface area contributed by atoms with Crippen LogP contribution >= 0.6 is 0 Å². The quantitative estimate of drug-likeness (QED) is 0.825. The van der Waals surface area contributed by atoms with E-state index in [1.165, 1.54) is 17.0 Å². The molecule has 1 saturated heterocycles. The highest BCUT2D eigenvalue weighted by atomic mass is 19.1. The number of carbonyl (C=O) groups is 2. The van der Waals surface area contributed by atoms with E-state index in [9.17, 15) is 14.0 Å². The number of rotatable bonds is 3. The van der Waals surface area contributed by atoms with Gasteiger partial charge in [-0.25, -0.2) is 9.18 Å². The minimum atomic E-state index is -0.841. The highest BCUT2D eigenvalue weighted by molar-refractivity contribution is 5.86. The van der Waals surface area contributed by atoms with Crippen molar-refractivity contribution in [2.24, 2.45) is 7.05 Å². The van der Waals surface area contributed by atoms with Gasteiger partial charge in [-0.05, 0) is 52.8 Å². The Hall–Kier alpha value is -2.68. The third-order valence-electron chi connectivity index (χ3n) is 4.85. The molecular formula is C21H29FN4O4. The standard InChI is InChI=1S/C21H29FN4O4/c1-20(2,3)30-19(28)26-9-10-29-16(12-26)18(27)23-21(4,5)17-14-8-7-13(22)11-15(14)25(6)24-17/h7-8,11,16H,9-10,12H2,1-6H3,(H,23,27). The van der Waals surface area contributed by atoms with E-state index in [0.717, 1.165) is 5.39 Å². The van der Waals surface area contributed by atoms with Crippen LogP contribution in [-0.2, 0) is 26.9 Å². The Balaban J connectivity index is 1.74. The van der Waals surface area contributed by atoms with Crippen molar-refractivity contribution in [3.8, 4) is 0 Å². The minimum absolute atomic E-state index is 0.102. The number of morpholine rings is 1. The number of hydrogen-bond acceptors (Lipinski definition) is 5. The molecule has 0 bridgehead atoms. The normalized spacial score (nSPS) is 17.8. The number of nitrogens with one attached hydrogen (secondary N) is 1. The first-order chi connectivity index (χ1) is 13.9. The molecule has 1 N–H and O–H groups in total. The summed E-state index contributed by atoms with van der Waals surface area (Å²) in [6, 6.07) is 4.43. The summed E-state index contributed by atoms with van der Waals surface area (Å²) >= 11 is 0. The molecule has 1 aromatic heterocycles. The first-order valence-corrected chi connectivity index (χ1v) is 9.92. The Morgan fingerprint density at radius 3 is 2.63 bits per heavy atom. The second-order valence-corrected chi connectivity index (χ2v) is 9.03. The van der Waals surface area contributed by atoms with Gasteiger partial charge in [-0.2, -0.15) is 5.10 Å². The van der Waals surface area contributed by atoms with Gasteiger partial charge in [0.2, 0.25) is 0 Å². The maximum atomic E-state index is 13.6. The van der Waals surface area contributed by atoms with Crippen molar-refractivity contribution < 1.29 is 23.5 Å². The van der Waals surface area contributed by atoms with E-state index in [0.29, 0.717) is 17.8 Å². The zero-order valence-electron chi connectivity index (χ0n) is 18.3. The predicted molar refractivity (Wildman–Crippen MR) is 109 cm³/mol. The Bertz CT molecular complexity index is 964. The summed E-state index contributed by atoms with van der Waals surface area (Å²) in [5, 5.41) is 8.21. The molecule has 0 aliphatic carbocycles. The number of fused-ring (bicyclic) bond motifs is 1. The number of ether oxygens (including phenoxy) is 2. The van der Waals surface area contributed by atoms with Crippen molar-refractivity contribution >= 4 is 22.9 Å². The molecule has 3 rings (SSSR count). The molecule has 2 amide bonds. The Morgan fingerprint density at radius 2 is 1.97 bits per heavy atom. The van der Waals surface area contributed by atoms with Gasteiger partial charge in [0, 0.05) is 19.0 Å². The SMILES string of the molecule is Cn1nc(C(C)(C)NC(=O)C2CN(C(=O)OC(C)(C)C)CCO2)c2ccc(F)cc21. The highest BCUT2D eigenvalue weighted by Gasteiger charge is 2.36. The van der Waals surface area contributed by atoms with Gasteiger partial charge in [-0.15, -0.1) is 0 Å². The summed E-state index contributed by atoms with van der Waals surface area (Å²) in [5.41, 5.74) is -0.203. The summed E-state index contributed by atoms with van der Waals surface area (Å²) in [7, 11) is 1.73. The summed E-state index contributed by atoms with van der Waals surface area (Å²) in [5.74, 6) is -0.703. The van der Waals surface area contributed by atoms with Crippen LogP contribution in [0.2, 0.25) is 0 Å². The molecular weight excluding hydrogens is 391 g/mol. The van der Waals surface area contributed by atoms with Gasteiger partial charge < -0.3 is 19.7 Å².